The lowest BCUT2D eigenvalue weighted by atomic mass is 9.86. The second-order valence-corrected chi connectivity index (χ2v) is 5.40. The number of ether oxygens (including phenoxy) is 2. The van der Waals surface area contributed by atoms with Crippen LogP contribution in [0.5, 0.6) is 0 Å². The molecule has 2 heterocycles. The first kappa shape index (κ1) is 17.0. The van der Waals surface area contributed by atoms with E-state index < -0.39 is 61.5 Å². The summed E-state index contributed by atoms with van der Waals surface area (Å²) >= 11 is 0. The second kappa shape index (κ2) is 6.41. The Morgan fingerprint density at radius 1 is 0.857 bits per heavy atom. The molecule has 2 aliphatic heterocycles. The quantitative estimate of drug-likeness (QED) is 0.269. The number of rotatable bonds is 2. The first-order valence-electron chi connectivity index (χ1n) is 6.67. The third-order valence-electron chi connectivity index (χ3n) is 3.94. The Labute approximate surface area is 121 Å². The summed E-state index contributed by atoms with van der Waals surface area (Å²) in [4.78, 5) is 0. The molecule has 123 valence electrons. The lowest BCUT2D eigenvalue weighted by molar-refractivity contribution is -0.265. The van der Waals surface area contributed by atoms with Crippen LogP contribution in [0.15, 0.2) is 0 Å². The molecule has 0 amide bonds. The van der Waals surface area contributed by atoms with Crippen LogP contribution in [0.2, 0.25) is 0 Å². The molecule has 2 saturated heterocycles. The SMILES string of the molecule is C[C@@H]1O[C](C2O[C@H](CO)[C@@H](O)[C@H](O)[C@H]2O)[C@H](O)[C@H](O)[C@H]1O. The first-order valence-corrected chi connectivity index (χ1v) is 6.67. The fourth-order valence-electron chi connectivity index (χ4n) is 2.56. The van der Waals surface area contributed by atoms with Crippen LogP contribution < -0.4 is 0 Å². The molecule has 1 radical (unpaired) electrons. The van der Waals surface area contributed by atoms with Crippen LogP contribution in [0.3, 0.4) is 0 Å². The fraction of sp³-hybridized carbons (Fsp3) is 0.917. The van der Waals surface area contributed by atoms with E-state index in [-0.39, 0.29) is 6.10 Å². The van der Waals surface area contributed by atoms with Gasteiger partial charge in [-0.05, 0) is 6.92 Å². The Kier molecular flexibility index (Phi) is 5.19. The summed E-state index contributed by atoms with van der Waals surface area (Å²) in [5.74, 6) is 0. The maximum absolute atomic E-state index is 9.96. The molecule has 2 aliphatic rings. The van der Waals surface area contributed by atoms with Crippen molar-refractivity contribution in [3.05, 3.63) is 6.10 Å². The molecule has 7 N–H and O–H groups in total. The lowest BCUT2D eigenvalue weighted by Crippen LogP contribution is -2.64. The van der Waals surface area contributed by atoms with Crippen molar-refractivity contribution in [3.8, 4) is 0 Å². The molecule has 2 rings (SSSR count). The molecule has 0 bridgehead atoms. The van der Waals surface area contributed by atoms with Gasteiger partial charge in [0.15, 0.2) is 6.10 Å². The summed E-state index contributed by atoms with van der Waals surface area (Å²) in [5.41, 5.74) is 0. The number of aliphatic hydroxyl groups is 7. The minimum atomic E-state index is -1.64. The van der Waals surface area contributed by atoms with E-state index >= 15 is 0 Å². The molecule has 0 spiro atoms. The highest BCUT2D eigenvalue weighted by atomic mass is 16.6. The highest BCUT2D eigenvalue weighted by Gasteiger charge is 2.53. The summed E-state index contributed by atoms with van der Waals surface area (Å²) in [6.07, 6.45) is -12.9. The van der Waals surface area contributed by atoms with Crippen LogP contribution >= 0.6 is 0 Å². The summed E-state index contributed by atoms with van der Waals surface area (Å²) in [5, 5.41) is 67.8. The van der Waals surface area contributed by atoms with E-state index in [1.54, 1.807) is 0 Å². The van der Waals surface area contributed by atoms with Crippen LogP contribution in [0.1, 0.15) is 6.92 Å². The zero-order valence-corrected chi connectivity index (χ0v) is 11.4. The normalized spacial score (nSPS) is 52.9. The Morgan fingerprint density at radius 3 is 2.05 bits per heavy atom. The average molecular weight is 309 g/mol. The summed E-state index contributed by atoms with van der Waals surface area (Å²) in [6.45, 7) is 0.829. The smallest absolute Gasteiger partial charge is 0.160 e. The van der Waals surface area contributed by atoms with Crippen molar-refractivity contribution in [1.29, 1.82) is 0 Å². The molecule has 0 saturated carbocycles. The van der Waals surface area contributed by atoms with E-state index in [1.807, 2.05) is 0 Å². The highest BCUT2D eigenvalue weighted by Crippen LogP contribution is 2.35. The number of hydrogen-bond acceptors (Lipinski definition) is 9. The van der Waals surface area contributed by atoms with E-state index in [9.17, 15) is 30.6 Å². The van der Waals surface area contributed by atoms with Crippen LogP contribution in [-0.2, 0) is 9.47 Å². The molecular formula is C12H21O9. The molecule has 0 aliphatic carbocycles. The van der Waals surface area contributed by atoms with Crippen molar-refractivity contribution < 1.29 is 45.2 Å². The van der Waals surface area contributed by atoms with Gasteiger partial charge in [0.25, 0.3) is 0 Å². The predicted molar refractivity (Wildman–Crippen MR) is 65.6 cm³/mol. The molecule has 0 aromatic rings. The van der Waals surface area contributed by atoms with Gasteiger partial charge in [0.2, 0.25) is 0 Å². The standard InChI is InChI=1S/C12H21O9/c1-3-5(14)7(16)9(18)11(20-3)12-10(19)8(17)6(15)4(2-13)21-12/h3-10,12-19H,2H2,1H3/t3-,4+,5-,6+,7+,8-,9+,10+,12?/m0/s1. The monoisotopic (exact) mass is 309 g/mol. The molecule has 9 atom stereocenters. The lowest BCUT2D eigenvalue weighted by Gasteiger charge is -2.47. The molecule has 9 nitrogen and oxygen atoms in total. The minimum Gasteiger partial charge on any atom is -0.394 e. The van der Waals surface area contributed by atoms with Crippen LogP contribution in [0.4, 0.5) is 0 Å². The van der Waals surface area contributed by atoms with Crippen LogP contribution in [0, 0.1) is 6.10 Å². The number of hydrogen-bond donors (Lipinski definition) is 7. The molecule has 0 aromatic carbocycles. The minimum absolute atomic E-state index is 0.266. The van der Waals surface area contributed by atoms with Gasteiger partial charge >= 0.3 is 0 Å². The van der Waals surface area contributed by atoms with Crippen molar-refractivity contribution >= 4 is 0 Å². The van der Waals surface area contributed by atoms with Gasteiger partial charge in [-0.25, -0.2) is 0 Å². The van der Waals surface area contributed by atoms with Crippen molar-refractivity contribution in [3.63, 3.8) is 0 Å². The van der Waals surface area contributed by atoms with E-state index in [1.165, 1.54) is 6.92 Å². The van der Waals surface area contributed by atoms with Gasteiger partial charge in [-0.3, -0.25) is 0 Å². The van der Waals surface area contributed by atoms with Crippen LogP contribution in [0.25, 0.3) is 0 Å². The second-order valence-electron chi connectivity index (χ2n) is 5.40. The Morgan fingerprint density at radius 2 is 1.48 bits per heavy atom. The van der Waals surface area contributed by atoms with Gasteiger partial charge in [-0.2, -0.15) is 0 Å². The van der Waals surface area contributed by atoms with Crippen molar-refractivity contribution in [2.75, 3.05) is 6.61 Å². The van der Waals surface area contributed by atoms with E-state index in [0.717, 1.165) is 0 Å². The maximum Gasteiger partial charge on any atom is 0.160 e. The van der Waals surface area contributed by atoms with Crippen LogP contribution in [-0.4, -0.2) is 97.3 Å². The Hall–Kier alpha value is -0.360. The van der Waals surface area contributed by atoms with Crippen molar-refractivity contribution in [2.45, 2.75) is 61.9 Å². The zero-order valence-electron chi connectivity index (χ0n) is 11.4. The van der Waals surface area contributed by atoms with Gasteiger partial charge in [-0.1, -0.05) is 0 Å². The highest BCUT2D eigenvalue weighted by molar-refractivity contribution is 5.11. The van der Waals surface area contributed by atoms with E-state index in [4.69, 9.17) is 14.6 Å². The molecule has 9 heteroatoms. The summed E-state index contributed by atoms with van der Waals surface area (Å²) in [6, 6.07) is 0. The van der Waals surface area contributed by atoms with E-state index in [2.05, 4.69) is 0 Å². The average Bonchev–Trinajstić information content (AvgIpc) is 2.47. The molecule has 1 unspecified atom stereocenters. The van der Waals surface area contributed by atoms with Gasteiger partial charge in [-0.15, -0.1) is 0 Å². The Bertz CT molecular complexity index is 352. The largest absolute Gasteiger partial charge is 0.394 e. The predicted octanol–water partition coefficient (Wildman–Crippen LogP) is -4.14. The molecule has 21 heavy (non-hydrogen) atoms. The topological polar surface area (TPSA) is 160 Å². The summed E-state index contributed by atoms with van der Waals surface area (Å²) in [7, 11) is 0. The summed E-state index contributed by atoms with van der Waals surface area (Å²) < 4.78 is 10.5. The molecule has 2 fully saturated rings. The molecular weight excluding hydrogens is 288 g/mol. The number of aliphatic hydroxyl groups excluding tert-OH is 7. The fourth-order valence-corrected chi connectivity index (χ4v) is 2.56. The van der Waals surface area contributed by atoms with Gasteiger partial charge in [0, 0.05) is 0 Å². The molecule has 0 aromatic heterocycles. The zero-order chi connectivity index (χ0) is 15.9. The third-order valence-corrected chi connectivity index (χ3v) is 3.94. The third kappa shape index (κ3) is 2.93. The van der Waals surface area contributed by atoms with Gasteiger partial charge in [0.05, 0.1) is 12.7 Å². The maximum atomic E-state index is 9.96. The van der Waals surface area contributed by atoms with Crippen molar-refractivity contribution in [2.24, 2.45) is 0 Å². The van der Waals surface area contributed by atoms with Crippen molar-refractivity contribution in [1.82, 2.24) is 0 Å². The Balaban J connectivity index is 2.19. The van der Waals surface area contributed by atoms with Gasteiger partial charge < -0.3 is 45.2 Å². The van der Waals surface area contributed by atoms with Gasteiger partial charge in [0.1, 0.15) is 48.8 Å². The van der Waals surface area contributed by atoms with E-state index in [0.29, 0.717) is 0 Å². The first-order chi connectivity index (χ1) is 9.79.